The molecule has 0 amide bonds. The van der Waals surface area contributed by atoms with Gasteiger partial charge in [0.05, 0.1) is 17.1 Å². The molecule has 0 saturated carbocycles. The highest BCUT2D eigenvalue weighted by Crippen LogP contribution is 2.33. The van der Waals surface area contributed by atoms with Crippen molar-refractivity contribution in [2.24, 2.45) is 0 Å². The van der Waals surface area contributed by atoms with Crippen LogP contribution in [0.3, 0.4) is 0 Å². The molecule has 0 atom stereocenters. The summed E-state index contributed by atoms with van der Waals surface area (Å²) in [5, 5.41) is 6.13. The van der Waals surface area contributed by atoms with Gasteiger partial charge >= 0.3 is 0 Å². The van der Waals surface area contributed by atoms with Gasteiger partial charge < -0.3 is 0 Å². The predicted molar refractivity (Wildman–Crippen MR) is 123 cm³/mol. The zero-order chi connectivity index (χ0) is 20.7. The lowest BCUT2D eigenvalue weighted by Crippen LogP contribution is -2.00. The molecule has 0 aliphatic heterocycles. The summed E-state index contributed by atoms with van der Waals surface area (Å²) >= 11 is 12.6. The first kappa shape index (κ1) is 19.8. The Labute approximate surface area is 181 Å². The van der Waals surface area contributed by atoms with E-state index in [1.807, 2.05) is 16.8 Å². The molecule has 0 N–H and O–H groups in total. The van der Waals surface area contributed by atoms with Gasteiger partial charge in [0.25, 0.3) is 0 Å². The van der Waals surface area contributed by atoms with Crippen LogP contribution in [0.5, 0.6) is 0 Å². The first-order valence-electron chi connectivity index (χ1n) is 9.53. The minimum Gasteiger partial charge on any atom is -0.232 e. The van der Waals surface area contributed by atoms with E-state index in [4.69, 9.17) is 28.3 Å². The van der Waals surface area contributed by atoms with Crippen molar-refractivity contribution in [3.63, 3.8) is 0 Å². The highest BCUT2D eigenvalue weighted by Gasteiger charge is 2.16. The molecule has 146 valence electrons. The van der Waals surface area contributed by atoms with Crippen LogP contribution in [0.15, 0.2) is 60.7 Å². The van der Waals surface area contributed by atoms with Crippen LogP contribution < -0.4 is 0 Å². The molecule has 0 bridgehead atoms. The van der Waals surface area contributed by atoms with E-state index in [9.17, 15) is 0 Å². The van der Waals surface area contributed by atoms with Crippen molar-refractivity contribution in [1.82, 2.24) is 9.78 Å². The maximum Gasteiger partial charge on any atom is 0.0936 e. The SMILES string of the molecule is Cc1ccc(-c2cc(-c3ccc(C)cc3C)n(-c3cc(Cl)cc(Cl)c3)n2)c(C)c1. The van der Waals surface area contributed by atoms with E-state index in [0.717, 1.165) is 28.2 Å². The third-order valence-electron chi connectivity index (χ3n) is 5.12. The van der Waals surface area contributed by atoms with E-state index in [1.165, 1.54) is 22.3 Å². The van der Waals surface area contributed by atoms with E-state index in [2.05, 4.69) is 70.2 Å². The van der Waals surface area contributed by atoms with Crippen LogP contribution in [0, 0.1) is 27.7 Å². The Morgan fingerprint density at radius 1 is 0.655 bits per heavy atom. The Bertz CT molecular complexity index is 1200. The Morgan fingerprint density at radius 2 is 1.21 bits per heavy atom. The van der Waals surface area contributed by atoms with Gasteiger partial charge in [0.1, 0.15) is 0 Å². The van der Waals surface area contributed by atoms with Crippen molar-refractivity contribution in [2.45, 2.75) is 27.7 Å². The van der Waals surface area contributed by atoms with Gasteiger partial charge in [-0.1, -0.05) is 70.7 Å². The highest BCUT2D eigenvalue weighted by atomic mass is 35.5. The summed E-state index contributed by atoms with van der Waals surface area (Å²) < 4.78 is 1.93. The third kappa shape index (κ3) is 3.96. The third-order valence-corrected chi connectivity index (χ3v) is 5.55. The molecule has 4 rings (SSSR count). The minimum atomic E-state index is 0.586. The lowest BCUT2D eigenvalue weighted by Gasteiger charge is -2.11. The summed E-state index contributed by atoms with van der Waals surface area (Å²) in [4.78, 5) is 0. The van der Waals surface area contributed by atoms with Crippen molar-refractivity contribution < 1.29 is 0 Å². The molecule has 0 fully saturated rings. The molecule has 1 aromatic heterocycles. The standard InChI is InChI=1S/C25H22Cl2N2/c1-15-5-7-22(17(3)9-15)24-14-25(23-8-6-16(2)10-18(23)4)29(28-24)21-12-19(26)11-20(27)13-21/h5-14H,1-4H3. The average Bonchev–Trinajstić information content (AvgIpc) is 3.05. The molecule has 0 unspecified atom stereocenters. The number of nitrogens with zero attached hydrogens (tertiary/aromatic N) is 2. The smallest absolute Gasteiger partial charge is 0.0936 e. The number of aryl methyl sites for hydroxylation is 4. The number of hydrogen-bond donors (Lipinski definition) is 0. The normalized spacial score (nSPS) is 11.1. The predicted octanol–water partition coefficient (Wildman–Crippen LogP) is 7.75. The van der Waals surface area contributed by atoms with E-state index in [-0.39, 0.29) is 0 Å². The van der Waals surface area contributed by atoms with Gasteiger partial charge in [0.15, 0.2) is 0 Å². The molecule has 29 heavy (non-hydrogen) atoms. The number of benzene rings is 3. The lowest BCUT2D eigenvalue weighted by atomic mass is 10.00. The van der Waals surface area contributed by atoms with Crippen molar-refractivity contribution in [2.75, 3.05) is 0 Å². The molecule has 0 radical (unpaired) electrons. The maximum atomic E-state index is 6.29. The quantitative estimate of drug-likeness (QED) is 0.331. The number of halogens is 2. The zero-order valence-electron chi connectivity index (χ0n) is 16.9. The monoisotopic (exact) mass is 420 g/mol. The van der Waals surface area contributed by atoms with Crippen LogP contribution >= 0.6 is 23.2 Å². The van der Waals surface area contributed by atoms with Gasteiger partial charge in [-0.05, 0) is 63.1 Å². The van der Waals surface area contributed by atoms with E-state index in [1.54, 1.807) is 6.07 Å². The molecule has 2 nitrogen and oxygen atoms in total. The van der Waals surface area contributed by atoms with Crippen LogP contribution in [-0.2, 0) is 0 Å². The first-order chi connectivity index (χ1) is 13.8. The van der Waals surface area contributed by atoms with Gasteiger partial charge in [-0.25, -0.2) is 4.68 Å². The fraction of sp³-hybridized carbons (Fsp3) is 0.160. The summed E-state index contributed by atoms with van der Waals surface area (Å²) in [5.41, 5.74) is 9.90. The first-order valence-corrected chi connectivity index (χ1v) is 10.3. The minimum absolute atomic E-state index is 0.586. The fourth-order valence-corrected chi connectivity index (χ4v) is 4.28. The average molecular weight is 421 g/mol. The van der Waals surface area contributed by atoms with Gasteiger partial charge in [0, 0.05) is 21.2 Å². The van der Waals surface area contributed by atoms with Gasteiger partial charge in [-0.2, -0.15) is 5.10 Å². The molecular weight excluding hydrogens is 399 g/mol. The van der Waals surface area contributed by atoms with Gasteiger partial charge in [-0.15, -0.1) is 0 Å². The van der Waals surface area contributed by atoms with Gasteiger partial charge in [0.2, 0.25) is 0 Å². The van der Waals surface area contributed by atoms with E-state index in [0.29, 0.717) is 10.0 Å². The molecule has 3 aromatic carbocycles. The zero-order valence-corrected chi connectivity index (χ0v) is 18.4. The second-order valence-corrected chi connectivity index (χ2v) is 8.46. The van der Waals surface area contributed by atoms with Gasteiger partial charge in [-0.3, -0.25) is 0 Å². The molecule has 0 spiro atoms. The van der Waals surface area contributed by atoms with Crippen LogP contribution in [0.25, 0.3) is 28.2 Å². The summed E-state index contributed by atoms with van der Waals surface area (Å²) in [6, 6.07) is 20.6. The molecule has 4 aromatic rings. The number of hydrogen-bond acceptors (Lipinski definition) is 1. The van der Waals surface area contributed by atoms with Crippen molar-refractivity contribution >= 4 is 23.2 Å². The lowest BCUT2D eigenvalue weighted by molar-refractivity contribution is 0.890. The Hall–Kier alpha value is -2.55. The molecule has 1 heterocycles. The fourth-order valence-electron chi connectivity index (χ4n) is 3.76. The molecule has 0 saturated heterocycles. The van der Waals surface area contributed by atoms with Crippen LogP contribution in [-0.4, -0.2) is 9.78 Å². The molecule has 4 heteroatoms. The Morgan fingerprint density at radius 3 is 1.76 bits per heavy atom. The Balaban J connectivity index is 1.98. The second-order valence-electron chi connectivity index (χ2n) is 7.59. The van der Waals surface area contributed by atoms with Crippen molar-refractivity contribution in [1.29, 1.82) is 0 Å². The summed E-state index contributed by atoms with van der Waals surface area (Å²) in [7, 11) is 0. The topological polar surface area (TPSA) is 17.8 Å². The van der Waals surface area contributed by atoms with Crippen molar-refractivity contribution in [3.05, 3.63) is 93.0 Å². The van der Waals surface area contributed by atoms with Crippen LogP contribution in [0.1, 0.15) is 22.3 Å². The second kappa shape index (κ2) is 7.70. The van der Waals surface area contributed by atoms with E-state index < -0.39 is 0 Å². The highest BCUT2D eigenvalue weighted by molar-refractivity contribution is 6.34. The largest absolute Gasteiger partial charge is 0.232 e. The van der Waals surface area contributed by atoms with Crippen molar-refractivity contribution in [3.8, 4) is 28.2 Å². The van der Waals surface area contributed by atoms with Crippen LogP contribution in [0.2, 0.25) is 10.0 Å². The summed E-state index contributed by atoms with van der Waals surface area (Å²) in [5.74, 6) is 0. The number of rotatable bonds is 3. The molecular formula is C25H22Cl2N2. The Kier molecular flexibility index (Phi) is 5.24. The summed E-state index contributed by atoms with van der Waals surface area (Å²) in [6.45, 7) is 8.45. The maximum absolute atomic E-state index is 6.29. The van der Waals surface area contributed by atoms with E-state index >= 15 is 0 Å². The number of aromatic nitrogens is 2. The molecule has 0 aliphatic rings. The van der Waals surface area contributed by atoms with Crippen LogP contribution in [0.4, 0.5) is 0 Å². The molecule has 0 aliphatic carbocycles. The summed E-state index contributed by atoms with van der Waals surface area (Å²) in [6.07, 6.45) is 0.